The van der Waals surface area contributed by atoms with Crippen LogP contribution in [0.1, 0.15) is 12.5 Å². The Labute approximate surface area is 181 Å². The molecule has 0 amide bonds. The molecule has 0 aromatic heterocycles. The van der Waals surface area contributed by atoms with Crippen LogP contribution >= 0.6 is 11.6 Å². The molecule has 0 saturated carbocycles. The van der Waals surface area contributed by atoms with Crippen molar-refractivity contribution in [3.63, 3.8) is 0 Å². The largest absolute Gasteiger partial charge is 0.352 e. The Hall–Kier alpha value is -2.40. The quantitative estimate of drug-likeness (QED) is 0.650. The van der Waals surface area contributed by atoms with E-state index in [1.165, 1.54) is 6.07 Å². The zero-order valence-corrected chi connectivity index (χ0v) is 17.5. The highest BCUT2D eigenvalue weighted by Crippen LogP contribution is 2.34. The Kier molecular flexibility index (Phi) is 5.23. The van der Waals surface area contributed by atoms with Crippen molar-refractivity contribution >= 4 is 17.2 Å². The Balaban J connectivity index is 1.55. The van der Waals surface area contributed by atoms with Gasteiger partial charge in [0.2, 0.25) is 0 Å². The first-order valence-electron chi connectivity index (χ1n) is 10.3. The third kappa shape index (κ3) is 3.49. The van der Waals surface area contributed by atoms with E-state index in [0.717, 1.165) is 35.4 Å². The van der Waals surface area contributed by atoms with Gasteiger partial charge in [-0.05, 0) is 58.6 Å². The summed E-state index contributed by atoms with van der Waals surface area (Å²) >= 11 is 6.07. The third-order valence-electron chi connectivity index (χ3n) is 6.22. The Morgan fingerprint density at radius 2 is 2.10 bits per heavy atom. The highest BCUT2D eigenvalue weighted by atomic mass is 35.5. The smallest absolute Gasteiger partial charge is 0.141 e. The summed E-state index contributed by atoms with van der Waals surface area (Å²) < 4.78 is 13.7. The number of nitrogens with one attached hydrogen (secondary N) is 3. The summed E-state index contributed by atoms with van der Waals surface area (Å²) in [5.41, 5.74) is 13.9. The van der Waals surface area contributed by atoms with E-state index >= 15 is 0 Å². The fourth-order valence-electron chi connectivity index (χ4n) is 4.61. The van der Waals surface area contributed by atoms with E-state index in [4.69, 9.17) is 11.6 Å². The van der Waals surface area contributed by atoms with Gasteiger partial charge in [0.25, 0.3) is 0 Å². The molecule has 4 atom stereocenters. The molecule has 30 heavy (non-hydrogen) atoms. The molecule has 3 aliphatic heterocycles. The Morgan fingerprint density at radius 3 is 2.90 bits per heavy atom. The third-order valence-corrected chi connectivity index (χ3v) is 6.51. The highest BCUT2D eigenvalue weighted by Gasteiger charge is 2.40. The van der Waals surface area contributed by atoms with Crippen molar-refractivity contribution in [2.75, 3.05) is 13.1 Å². The monoisotopic (exact) mass is 422 g/mol. The van der Waals surface area contributed by atoms with Crippen molar-refractivity contribution < 1.29 is 4.39 Å². The summed E-state index contributed by atoms with van der Waals surface area (Å²) in [5, 5.41) is 3.73. The van der Waals surface area contributed by atoms with E-state index in [-0.39, 0.29) is 11.2 Å². The van der Waals surface area contributed by atoms with Crippen LogP contribution in [0.5, 0.6) is 0 Å². The molecule has 2 saturated heterocycles. The Morgan fingerprint density at radius 1 is 1.20 bits per heavy atom. The van der Waals surface area contributed by atoms with Crippen molar-refractivity contribution in [2.45, 2.75) is 25.2 Å². The molecule has 4 aliphatic rings. The van der Waals surface area contributed by atoms with Gasteiger partial charge < -0.3 is 4.90 Å². The molecule has 0 bridgehead atoms. The van der Waals surface area contributed by atoms with Gasteiger partial charge in [-0.1, -0.05) is 42.8 Å². The van der Waals surface area contributed by atoms with E-state index in [2.05, 4.69) is 58.2 Å². The number of hydrogen-bond acceptors (Lipinski definition) is 4. The summed E-state index contributed by atoms with van der Waals surface area (Å²) in [4.78, 5) is 2.41. The van der Waals surface area contributed by atoms with Crippen LogP contribution in [0.2, 0.25) is 5.02 Å². The second-order valence-electron chi connectivity index (χ2n) is 8.13. The first kappa shape index (κ1) is 19.6. The topological polar surface area (TPSA) is 39.3 Å². The van der Waals surface area contributed by atoms with E-state index in [0.29, 0.717) is 18.0 Å². The predicted molar refractivity (Wildman–Crippen MR) is 119 cm³/mol. The van der Waals surface area contributed by atoms with Gasteiger partial charge in [0, 0.05) is 25.3 Å². The summed E-state index contributed by atoms with van der Waals surface area (Å²) in [6.07, 6.45) is 14.7. The Bertz CT molecular complexity index is 1050. The van der Waals surface area contributed by atoms with Gasteiger partial charge in [0.1, 0.15) is 5.82 Å². The fourth-order valence-corrected chi connectivity index (χ4v) is 4.79. The lowest BCUT2D eigenvalue weighted by Gasteiger charge is -2.34. The van der Waals surface area contributed by atoms with Crippen LogP contribution < -0.4 is 16.2 Å². The summed E-state index contributed by atoms with van der Waals surface area (Å²) in [6.45, 7) is 4.18. The molecule has 4 nitrogen and oxygen atoms in total. The minimum Gasteiger partial charge on any atom is -0.352 e. The van der Waals surface area contributed by atoms with E-state index in [1.54, 1.807) is 12.1 Å². The molecule has 1 aliphatic carbocycles. The van der Waals surface area contributed by atoms with Crippen LogP contribution in [-0.2, 0) is 0 Å². The predicted octanol–water partition coefficient (Wildman–Crippen LogP) is 3.68. The van der Waals surface area contributed by atoms with Gasteiger partial charge >= 0.3 is 0 Å². The second-order valence-corrected chi connectivity index (χ2v) is 8.54. The number of rotatable bonds is 3. The molecule has 1 aromatic rings. The van der Waals surface area contributed by atoms with E-state index < -0.39 is 5.82 Å². The number of fused-ring (bicyclic) bond motifs is 1. The van der Waals surface area contributed by atoms with Gasteiger partial charge in [-0.15, -0.1) is 5.73 Å². The minimum atomic E-state index is -0.413. The van der Waals surface area contributed by atoms with Crippen molar-refractivity contribution in [3.05, 3.63) is 94.1 Å². The summed E-state index contributed by atoms with van der Waals surface area (Å²) in [6, 6.07) is 5.58. The van der Waals surface area contributed by atoms with E-state index in [9.17, 15) is 4.39 Å². The molecule has 4 unspecified atom stereocenters. The maximum absolute atomic E-state index is 13.7. The van der Waals surface area contributed by atoms with Gasteiger partial charge in [0.05, 0.1) is 17.2 Å². The first-order valence-corrected chi connectivity index (χ1v) is 10.7. The van der Waals surface area contributed by atoms with Crippen molar-refractivity contribution in [1.82, 2.24) is 21.1 Å². The SMILES string of the molecule is CC1CNNC1C1CNC2C=CC(C3=C(c4ccc(F)c(Cl)c4)C=C=CC=C3)=CN21. The zero-order valence-electron chi connectivity index (χ0n) is 16.7. The average Bonchev–Trinajstić information content (AvgIpc) is 3.27. The number of halogens is 2. The van der Waals surface area contributed by atoms with Crippen LogP contribution in [-0.4, -0.2) is 36.2 Å². The van der Waals surface area contributed by atoms with Gasteiger partial charge in [0.15, 0.2) is 0 Å². The summed E-state index contributed by atoms with van der Waals surface area (Å²) in [5.74, 6) is 0.142. The molecular weight excluding hydrogens is 399 g/mol. The molecule has 3 heterocycles. The molecule has 0 spiro atoms. The van der Waals surface area contributed by atoms with Crippen molar-refractivity contribution in [3.8, 4) is 0 Å². The number of hydrogen-bond donors (Lipinski definition) is 3. The minimum absolute atomic E-state index is 0.121. The fraction of sp³-hybridized carbons (Fsp3) is 0.292. The van der Waals surface area contributed by atoms with Crippen LogP contribution in [0.4, 0.5) is 4.39 Å². The number of hydrazine groups is 1. The van der Waals surface area contributed by atoms with E-state index in [1.807, 2.05) is 18.2 Å². The number of benzene rings is 1. The summed E-state index contributed by atoms with van der Waals surface area (Å²) in [7, 11) is 0. The maximum atomic E-state index is 13.7. The average molecular weight is 423 g/mol. The standard InChI is InChI=1S/C24H24ClFN4/c1-15-12-28-29-24(15)22-13-27-23-10-8-17(14-30(22)23)19-6-4-2-3-5-18(19)16-7-9-21(26)20(25)11-16/h2,4-11,14-15,22-24,27-29H,12-13H2,1H3. The van der Waals surface area contributed by atoms with Gasteiger partial charge in [-0.25, -0.2) is 4.39 Å². The molecule has 154 valence electrons. The lowest BCUT2D eigenvalue weighted by atomic mass is 9.92. The molecule has 3 N–H and O–H groups in total. The van der Waals surface area contributed by atoms with Crippen LogP contribution in [0.25, 0.3) is 5.57 Å². The van der Waals surface area contributed by atoms with Crippen LogP contribution in [0, 0.1) is 11.7 Å². The maximum Gasteiger partial charge on any atom is 0.141 e. The highest BCUT2D eigenvalue weighted by molar-refractivity contribution is 6.30. The zero-order chi connectivity index (χ0) is 20.7. The molecule has 1 aromatic carbocycles. The second kappa shape index (κ2) is 8.03. The molecule has 2 fully saturated rings. The normalized spacial score (nSPS) is 30.1. The number of allylic oxidation sites excluding steroid dienone is 7. The number of nitrogens with zero attached hydrogens (tertiary/aromatic N) is 1. The van der Waals surface area contributed by atoms with Crippen molar-refractivity contribution in [2.24, 2.45) is 5.92 Å². The van der Waals surface area contributed by atoms with Crippen molar-refractivity contribution in [1.29, 1.82) is 0 Å². The molecule has 5 rings (SSSR count). The molecule has 6 heteroatoms. The molecule has 0 radical (unpaired) electrons. The first-order chi connectivity index (χ1) is 14.6. The molecular formula is C24H24ClFN4. The van der Waals surface area contributed by atoms with Gasteiger partial charge in [-0.3, -0.25) is 16.2 Å². The lowest BCUT2D eigenvalue weighted by Crippen LogP contribution is -2.49. The lowest BCUT2D eigenvalue weighted by molar-refractivity contribution is 0.235. The van der Waals surface area contributed by atoms with Crippen LogP contribution in [0.3, 0.4) is 0 Å². The van der Waals surface area contributed by atoms with Gasteiger partial charge in [-0.2, -0.15) is 0 Å². The van der Waals surface area contributed by atoms with Crippen LogP contribution in [0.15, 0.2) is 77.7 Å².